The van der Waals surface area contributed by atoms with Gasteiger partial charge in [0.1, 0.15) is 11.6 Å². The fourth-order valence-corrected chi connectivity index (χ4v) is 2.05. The Hall–Kier alpha value is -1.00. The van der Waals surface area contributed by atoms with Crippen molar-refractivity contribution in [2.24, 2.45) is 5.92 Å². The van der Waals surface area contributed by atoms with Gasteiger partial charge >= 0.3 is 0 Å². The zero-order valence-electron chi connectivity index (χ0n) is 9.63. The molecule has 2 rings (SSSR count). The number of hydrogen-bond acceptors (Lipinski definition) is 2. The van der Waals surface area contributed by atoms with E-state index in [2.05, 4.69) is 5.32 Å². The quantitative estimate of drug-likeness (QED) is 0.829. The predicted molar refractivity (Wildman–Crippen MR) is 61.5 cm³/mol. The maximum atomic E-state index is 13.3. The van der Waals surface area contributed by atoms with Crippen LogP contribution in [0.1, 0.15) is 30.9 Å². The maximum Gasteiger partial charge on any atom is 0.131 e. The number of halogens is 2. The average molecular weight is 241 g/mol. The first-order chi connectivity index (χ1) is 8.18. The van der Waals surface area contributed by atoms with Crippen molar-refractivity contribution in [3.05, 3.63) is 35.4 Å². The van der Waals surface area contributed by atoms with Gasteiger partial charge in [-0.1, -0.05) is 12.5 Å². The fourth-order valence-electron chi connectivity index (χ4n) is 2.05. The third kappa shape index (κ3) is 3.01. The summed E-state index contributed by atoms with van der Waals surface area (Å²) in [6.45, 7) is 1.00. The van der Waals surface area contributed by atoms with Crippen LogP contribution in [0.15, 0.2) is 18.2 Å². The first-order valence-corrected chi connectivity index (χ1v) is 6.01. The van der Waals surface area contributed by atoms with Gasteiger partial charge in [-0.15, -0.1) is 0 Å². The molecule has 0 heterocycles. The van der Waals surface area contributed by atoms with Gasteiger partial charge in [0, 0.05) is 6.54 Å². The molecule has 0 radical (unpaired) electrons. The molecule has 0 bridgehead atoms. The molecular formula is C13H17F2NO. The van der Waals surface area contributed by atoms with Crippen molar-refractivity contribution in [1.82, 2.24) is 5.32 Å². The average Bonchev–Trinajstić information content (AvgIpc) is 2.21. The van der Waals surface area contributed by atoms with E-state index in [1.807, 2.05) is 0 Å². The number of aliphatic hydroxyl groups excluding tert-OH is 1. The molecule has 1 aliphatic rings. The number of nitrogens with one attached hydrogen (secondary N) is 1. The van der Waals surface area contributed by atoms with E-state index in [4.69, 9.17) is 0 Å². The van der Waals surface area contributed by atoms with Gasteiger partial charge in [-0.25, -0.2) is 8.78 Å². The molecule has 0 saturated heterocycles. The summed E-state index contributed by atoms with van der Waals surface area (Å²) in [6.07, 6.45) is 2.54. The van der Waals surface area contributed by atoms with E-state index in [9.17, 15) is 13.9 Å². The molecule has 1 unspecified atom stereocenters. The Kier molecular flexibility index (Phi) is 4.07. The standard InChI is InChI=1S/C13H17F2NO/c14-10-5-2-6-11(15)13(10)12(17)8-16-7-9-3-1-4-9/h2,5-6,9,12,16-17H,1,3-4,7-8H2. The van der Waals surface area contributed by atoms with Crippen molar-refractivity contribution in [2.75, 3.05) is 13.1 Å². The zero-order valence-corrected chi connectivity index (χ0v) is 9.63. The van der Waals surface area contributed by atoms with Crippen LogP contribution >= 0.6 is 0 Å². The molecule has 1 atom stereocenters. The summed E-state index contributed by atoms with van der Waals surface area (Å²) in [5.41, 5.74) is -0.242. The van der Waals surface area contributed by atoms with Gasteiger partial charge in [0.05, 0.1) is 11.7 Å². The summed E-state index contributed by atoms with van der Waals surface area (Å²) < 4.78 is 26.7. The Morgan fingerprint density at radius 3 is 2.47 bits per heavy atom. The number of rotatable bonds is 5. The molecule has 0 amide bonds. The molecule has 2 N–H and O–H groups in total. The van der Waals surface area contributed by atoms with E-state index in [0.717, 1.165) is 18.7 Å². The smallest absolute Gasteiger partial charge is 0.131 e. The van der Waals surface area contributed by atoms with Gasteiger partial charge in [-0.05, 0) is 37.4 Å². The second-order valence-corrected chi connectivity index (χ2v) is 4.61. The van der Waals surface area contributed by atoms with Crippen molar-refractivity contribution < 1.29 is 13.9 Å². The normalized spacial score (nSPS) is 17.8. The molecule has 1 saturated carbocycles. The van der Waals surface area contributed by atoms with Crippen LogP contribution in [-0.2, 0) is 0 Å². The highest BCUT2D eigenvalue weighted by Crippen LogP contribution is 2.25. The summed E-state index contributed by atoms with van der Waals surface area (Å²) in [5.74, 6) is -0.724. The lowest BCUT2D eigenvalue weighted by molar-refractivity contribution is 0.159. The Bertz CT molecular complexity index is 359. The van der Waals surface area contributed by atoms with E-state index in [1.165, 1.54) is 25.3 Å². The SMILES string of the molecule is OC(CNCC1CCC1)c1c(F)cccc1F. The van der Waals surface area contributed by atoms with Gasteiger partial charge in [-0.2, -0.15) is 0 Å². The summed E-state index contributed by atoms with van der Waals surface area (Å²) in [4.78, 5) is 0. The van der Waals surface area contributed by atoms with Gasteiger partial charge in [0.15, 0.2) is 0 Å². The highest BCUT2D eigenvalue weighted by Gasteiger charge is 2.20. The number of hydrogen-bond donors (Lipinski definition) is 2. The summed E-state index contributed by atoms with van der Waals surface area (Å²) in [5, 5.41) is 12.8. The molecule has 1 fully saturated rings. The van der Waals surface area contributed by atoms with E-state index in [1.54, 1.807) is 0 Å². The largest absolute Gasteiger partial charge is 0.387 e. The van der Waals surface area contributed by atoms with Crippen LogP contribution in [0.4, 0.5) is 8.78 Å². The topological polar surface area (TPSA) is 32.3 Å². The minimum atomic E-state index is -1.13. The van der Waals surface area contributed by atoms with Crippen molar-refractivity contribution in [3.63, 3.8) is 0 Å². The highest BCUT2D eigenvalue weighted by atomic mass is 19.1. The molecular weight excluding hydrogens is 224 g/mol. The first kappa shape index (κ1) is 12.5. The zero-order chi connectivity index (χ0) is 12.3. The third-order valence-corrected chi connectivity index (χ3v) is 3.33. The predicted octanol–water partition coefficient (Wildman–Crippen LogP) is 2.39. The summed E-state index contributed by atoms with van der Waals surface area (Å²) in [6, 6.07) is 3.61. The van der Waals surface area contributed by atoms with Crippen LogP contribution in [0.5, 0.6) is 0 Å². The van der Waals surface area contributed by atoms with E-state index in [-0.39, 0.29) is 12.1 Å². The summed E-state index contributed by atoms with van der Waals surface area (Å²) >= 11 is 0. The lowest BCUT2D eigenvalue weighted by Crippen LogP contribution is -2.30. The molecule has 1 aromatic rings. The minimum absolute atomic E-state index is 0.189. The second kappa shape index (κ2) is 5.56. The fraction of sp³-hybridized carbons (Fsp3) is 0.538. The van der Waals surface area contributed by atoms with Crippen LogP contribution in [0.25, 0.3) is 0 Å². The van der Waals surface area contributed by atoms with E-state index >= 15 is 0 Å². The van der Waals surface area contributed by atoms with Gasteiger partial charge < -0.3 is 10.4 Å². The Balaban J connectivity index is 1.87. The molecule has 2 nitrogen and oxygen atoms in total. The van der Waals surface area contributed by atoms with E-state index < -0.39 is 17.7 Å². The minimum Gasteiger partial charge on any atom is -0.387 e. The lowest BCUT2D eigenvalue weighted by Gasteiger charge is -2.26. The van der Waals surface area contributed by atoms with Crippen LogP contribution in [0, 0.1) is 17.6 Å². The third-order valence-electron chi connectivity index (χ3n) is 3.33. The molecule has 94 valence electrons. The van der Waals surface area contributed by atoms with Crippen LogP contribution in [-0.4, -0.2) is 18.2 Å². The van der Waals surface area contributed by atoms with Crippen molar-refractivity contribution in [1.29, 1.82) is 0 Å². The molecule has 4 heteroatoms. The van der Waals surface area contributed by atoms with Crippen LogP contribution < -0.4 is 5.32 Å². The molecule has 1 aliphatic carbocycles. The second-order valence-electron chi connectivity index (χ2n) is 4.61. The van der Waals surface area contributed by atoms with Gasteiger partial charge in [0.25, 0.3) is 0 Å². The van der Waals surface area contributed by atoms with Crippen molar-refractivity contribution in [3.8, 4) is 0 Å². The van der Waals surface area contributed by atoms with Gasteiger partial charge in [0.2, 0.25) is 0 Å². The Morgan fingerprint density at radius 2 is 1.94 bits per heavy atom. The van der Waals surface area contributed by atoms with Crippen molar-refractivity contribution in [2.45, 2.75) is 25.4 Å². The highest BCUT2D eigenvalue weighted by molar-refractivity contribution is 5.22. The molecule has 0 spiro atoms. The maximum absolute atomic E-state index is 13.3. The molecule has 0 aromatic heterocycles. The van der Waals surface area contributed by atoms with Crippen LogP contribution in [0.2, 0.25) is 0 Å². The summed E-state index contributed by atoms with van der Waals surface area (Å²) in [7, 11) is 0. The van der Waals surface area contributed by atoms with E-state index in [0.29, 0.717) is 5.92 Å². The molecule has 17 heavy (non-hydrogen) atoms. The van der Waals surface area contributed by atoms with Crippen molar-refractivity contribution >= 4 is 0 Å². The molecule has 0 aliphatic heterocycles. The Labute approximate surface area is 99.7 Å². The van der Waals surface area contributed by atoms with Crippen LogP contribution in [0.3, 0.4) is 0 Å². The van der Waals surface area contributed by atoms with Gasteiger partial charge in [-0.3, -0.25) is 0 Å². The monoisotopic (exact) mass is 241 g/mol. The Morgan fingerprint density at radius 1 is 1.29 bits per heavy atom. The lowest BCUT2D eigenvalue weighted by atomic mass is 9.85. The first-order valence-electron chi connectivity index (χ1n) is 6.01. The molecule has 1 aromatic carbocycles. The number of benzene rings is 1. The number of aliphatic hydroxyl groups is 1.